The second-order valence-electron chi connectivity index (χ2n) is 5.21. The van der Waals surface area contributed by atoms with Crippen molar-refractivity contribution in [2.24, 2.45) is 0 Å². The quantitative estimate of drug-likeness (QED) is 0.732. The lowest BCUT2D eigenvalue weighted by molar-refractivity contribution is -0.114. The summed E-state index contributed by atoms with van der Waals surface area (Å²) in [5, 5.41) is 5.96. The Balaban J connectivity index is 1.89. The largest absolute Gasteiger partial charge is 0.494 e. The lowest BCUT2D eigenvalue weighted by Crippen LogP contribution is -2.22. The van der Waals surface area contributed by atoms with Gasteiger partial charge in [0.05, 0.1) is 25.4 Å². The van der Waals surface area contributed by atoms with Gasteiger partial charge < -0.3 is 20.1 Å². The highest BCUT2D eigenvalue weighted by Crippen LogP contribution is 2.23. The van der Waals surface area contributed by atoms with Gasteiger partial charge in [-0.15, -0.1) is 0 Å². The van der Waals surface area contributed by atoms with Crippen LogP contribution in [-0.4, -0.2) is 25.7 Å². The van der Waals surface area contributed by atoms with Gasteiger partial charge in [-0.05, 0) is 37.6 Å². The summed E-state index contributed by atoms with van der Waals surface area (Å²) < 4.78 is 11.1. The van der Waals surface area contributed by atoms with E-state index >= 15 is 0 Å². The maximum absolute atomic E-state index is 12.1. The summed E-state index contributed by atoms with van der Waals surface area (Å²) in [5.74, 6) is 1.36. The number of hydrogen-bond acceptors (Lipinski definition) is 4. The molecule has 2 aromatic carbocycles. The van der Waals surface area contributed by atoms with E-state index < -0.39 is 0 Å². The van der Waals surface area contributed by atoms with Crippen molar-refractivity contribution < 1.29 is 14.3 Å². The average molecular weight is 328 g/mol. The third kappa shape index (κ3) is 5.50. The van der Waals surface area contributed by atoms with Crippen molar-refractivity contribution in [3.05, 3.63) is 48.5 Å². The number of anilines is 2. The van der Waals surface area contributed by atoms with Crippen LogP contribution in [0.2, 0.25) is 0 Å². The van der Waals surface area contributed by atoms with Crippen molar-refractivity contribution in [1.82, 2.24) is 0 Å². The first-order valence-electron chi connectivity index (χ1n) is 8.21. The van der Waals surface area contributed by atoms with Gasteiger partial charge in [0, 0.05) is 11.8 Å². The van der Waals surface area contributed by atoms with Crippen molar-refractivity contribution in [2.45, 2.75) is 20.3 Å². The predicted molar refractivity (Wildman–Crippen MR) is 97.0 cm³/mol. The van der Waals surface area contributed by atoms with Crippen LogP contribution >= 0.6 is 0 Å². The first-order valence-corrected chi connectivity index (χ1v) is 8.21. The predicted octanol–water partition coefficient (Wildman–Crippen LogP) is 3.92. The Bertz CT molecular complexity index is 659. The highest BCUT2D eigenvalue weighted by atomic mass is 16.5. The Morgan fingerprint density at radius 1 is 1.04 bits per heavy atom. The average Bonchev–Trinajstić information content (AvgIpc) is 2.60. The fourth-order valence-corrected chi connectivity index (χ4v) is 2.16. The van der Waals surface area contributed by atoms with Crippen LogP contribution in [0.1, 0.15) is 20.3 Å². The zero-order valence-corrected chi connectivity index (χ0v) is 14.2. The van der Waals surface area contributed by atoms with E-state index in [1.54, 1.807) is 0 Å². The standard InChI is InChI=1S/C19H24N2O3/c1-3-12-24-16-9-7-8-15(13-16)21-19(22)14-20-17-10-5-6-11-18(17)23-4-2/h5-11,13,20H,3-4,12,14H2,1-2H3,(H,21,22). The van der Waals surface area contributed by atoms with Crippen molar-refractivity contribution >= 4 is 17.3 Å². The van der Waals surface area contributed by atoms with Gasteiger partial charge in [-0.1, -0.05) is 25.1 Å². The molecule has 5 heteroatoms. The van der Waals surface area contributed by atoms with Gasteiger partial charge in [0.25, 0.3) is 0 Å². The minimum atomic E-state index is -0.131. The highest BCUT2D eigenvalue weighted by Gasteiger charge is 2.06. The maximum Gasteiger partial charge on any atom is 0.243 e. The van der Waals surface area contributed by atoms with E-state index in [2.05, 4.69) is 17.6 Å². The molecular formula is C19H24N2O3. The number of carbonyl (C=O) groups excluding carboxylic acids is 1. The molecule has 1 amide bonds. The summed E-state index contributed by atoms with van der Waals surface area (Å²) in [4.78, 5) is 12.1. The molecule has 0 atom stereocenters. The smallest absolute Gasteiger partial charge is 0.243 e. The Kier molecular flexibility index (Phi) is 6.95. The molecule has 24 heavy (non-hydrogen) atoms. The second kappa shape index (κ2) is 9.45. The number of hydrogen-bond donors (Lipinski definition) is 2. The molecule has 2 aromatic rings. The number of benzene rings is 2. The van der Waals surface area contributed by atoms with Crippen molar-refractivity contribution in [3.8, 4) is 11.5 Å². The van der Waals surface area contributed by atoms with E-state index in [0.717, 1.165) is 23.6 Å². The van der Waals surface area contributed by atoms with Crippen LogP contribution in [0.25, 0.3) is 0 Å². The van der Waals surface area contributed by atoms with E-state index in [-0.39, 0.29) is 12.5 Å². The Morgan fingerprint density at radius 3 is 2.67 bits per heavy atom. The van der Waals surface area contributed by atoms with Crippen molar-refractivity contribution in [3.63, 3.8) is 0 Å². The molecule has 0 saturated carbocycles. The first kappa shape index (κ1) is 17.7. The summed E-state index contributed by atoms with van der Waals surface area (Å²) in [6.07, 6.45) is 0.944. The number of amides is 1. The molecule has 0 bridgehead atoms. The fourth-order valence-electron chi connectivity index (χ4n) is 2.16. The molecular weight excluding hydrogens is 304 g/mol. The number of rotatable bonds is 9. The van der Waals surface area contributed by atoms with E-state index in [1.807, 2.05) is 55.5 Å². The zero-order valence-electron chi connectivity index (χ0n) is 14.2. The lowest BCUT2D eigenvalue weighted by Gasteiger charge is -2.12. The molecule has 0 aliphatic heterocycles. The van der Waals surface area contributed by atoms with Crippen molar-refractivity contribution in [2.75, 3.05) is 30.4 Å². The summed E-state index contributed by atoms with van der Waals surface area (Å²) >= 11 is 0. The molecule has 5 nitrogen and oxygen atoms in total. The third-order valence-electron chi connectivity index (χ3n) is 3.22. The number of carbonyl (C=O) groups is 1. The van der Waals surface area contributed by atoms with Gasteiger partial charge in [-0.2, -0.15) is 0 Å². The van der Waals surface area contributed by atoms with Crippen LogP contribution in [0.5, 0.6) is 11.5 Å². The molecule has 0 aliphatic rings. The molecule has 0 unspecified atom stereocenters. The number of nitrogens with one attached hydrogen (secondary N) is 2. The zero-order chi connectivity index (χ0) is 17.2. The molecule has 0 heterocycles. The summed E-state index contributed by atoms with van der Waals surface area (Å²) in [5.41, 5.74) is 1.52. The van der Waals surface area contributed by atoms with Gasteiger partial charge in [0.2, 0.25) is 5.91 Å². The van der Waals surface area contributed by atoms with E-state index in [0.29, 0.717) is 18.9 Å². The highest BCUT2D eigenvalue weighted by molar-refractivity contribution is 5.94. The molecule has 2 rings (SSSR count). The first-order chi connectivity index (χ1) is 11.7. The molecule has 0 aromatic heterocycles. The molecule has 0 saturated heterocycles. The molecule has 128 valence electrons. The van der Waals surface area contributed by atoms with Crippen LogP contribution in [0, 0.1) is 0 Å². The normalized spacial score (nSPS) is 10.1. The van der Waals surface area contributed by atoms with Gasteiger partial charge in [0.15, 0.2) is 0 Å². The number of ether oxygens (including phenoxy) is 2. The van der Waals surface area contributed by atoms with Crippen LogP contribution in [0.4, 0.5) is 11.4 Å². The molecule has 2 N–H and O–H groups in total. The summed E-state index contributed by atoms with van der Waals surface area (Å²) in [6, 6.07) is 15.0. The monoisotopic (exact) mass is 328 g/mol. The van der Waals surface area contributed by atoms with Crippen LogP contribution in [0.3, 0.4) is 0 Å². The molecule has 0 spiro atoms. The van der Waals surface area contributed by atoms with Crippen LogP contribution < -0.4 is 20.1 Å². The summed E-state index contributed by atoms with van der Waals surface area (Å²) in [7, 11) is 0. The Hall–Kier alpha value is -2.69. The van der Waals surface area contributed by atoms with E-state index in [9.17, 15) is 4.79 Å². The van der Waals surface area contributed by atoms with Crippen LogP contribution in [-0.2, 0) is 4.79 Å². The van der Waals surface area contributed by atoms with E-state index in [1.165, 1.54) is 0 Å². The van der Waals surface area contributed by atoms with Gasteiger partial charge >= 0.3 is 0 Å². The molecule has 0 fully saturated rings. The minimum Gasteiger partial charge on any atom is -0.494 e. The maximum atomic E-state index is 12.1. The summed E-state index contributed by atoms with van der Waals surface area (Å²) in [6.45, 7) is 5.38. The topological polar surface area (TPSA) is 59.6 Å². The number of para-hydroxylation sites is 2. The molecule has 0 aliphatic carbocycles. The lowest BCUT2D eigenvalue weighted by atomic mass is 10.3. The van der Waals surface area contributed by atoms with Gasteiger partial charge in [-0.25, -0.2) is 0 Å². The third-order valence-corrected chi connectivity index (χ3v) is 3.22. The van der Waals surface area contributed by atoms with Gasteiger partial charge in [0.1, 0.15) is 11.5 Å². The van der Waals surface area contributed by atoms with Crippen molar-refractivity contribution in [1.29, 1.82) is 0 Å². The molecule has 0 radical (unpaired) electrons. The Labute approximate surface area is 143 Å². The van der Waals surface area contributed by atoms with Crippen LogP contribution in [0.15, 0.2) is 48.5 Å². The van der Waals surface area contributed by atoms with E-state index in [4.69, 9.17) is 9.47 Å². The fraction of sp³-hybridized carbons (Fsp3) is 0.316. The minimum absolute atomic E-state index is 0.131. The SMILES string of the molecule is CCCOc1cccc(NC(=O)CNc2ccccc2OCC)c1. The van der Waals surface area contributed by atoms with Gasteiger partial charge in [-0.3, -0.25) is 4.79 Å². The Morgan fingerprint density at radius 2 is 1.88 bits per heavy atom. The second-order valence-corrected chi connectivity index (χ2v) is 5.21.